The van der Waals surface area contributed by atoms with Crippen LogP contribution in [0.5, 0.6) is 0 Å². The summed E-state index contributed by atoms with van der Waals surface area (Å²) in [5.74, 6) is -0.114. The number of hydrogen-bond donors (Lipinski definition) is 0. The Morgan fingerprint density at radius 1 is 0.781 bits per heavy atom. The Kier molecular flexibility index (Phi) is 8.86. The van der Waals surface area contributed by atoms with E-state index in [-0.39, 0.29) is 12.2 Å². The van der Waals surface area contributed by atoms with Crippen LogP contribution in [-0.2, 0) is 4.57 Å². The molecule has 0 unspecified atom stereocenters. The Labute approximate surface area is 199 Å². The SMILES string of the molecule is CCN(CC)CCN(CP(=O)(c1ccccc1)c1ccccc1)C(=O)c1ccccc1Br. The van der Waals surface area contributed by atoms with Crippen LogP contribution in [0.2, 0.25) is 0 Å². The van der Waals surface area contributed by atoms with Crippen LogP contribution in [0.25, 0.3) is 0 Å². The van der Waals surface area contributed by atoms with Gasteiger partial charge in [-0.1, -0.05) is 86.6 Å². The van der Waals surface area contributed by atoms with Crippen LogP contribution in [0.1, 0.15) is 24.2 Å². The average molecular weight is 513 g/mol. The highest BCUT2D eigenvalue weighted by molar-refractivity contribution is 9.10. The topological polar surface area (TPSA) is 40.6 Å². The molecule has 168 valence electrons. The number of halogens is 1. The zero-order valence-electron chi connectivity index (χ0n) is 18.7. The van der Waals surface area contributed by atoms with Gasteiger partial charge in [-0.15, -0.1) is 0 Å². The van der Waals surface area contributed by atoms with E-state index in [1.165, 1.54) is 0 Å². The molecule has 0 fully saturated rings. The molecule has 0 saturated carbocycles. The zero-order chi connectivity index (χ0) is 23.0. The van der Waals surface area contributed by atoms with E-state index in [0.717, 1.165) is 34.7 Å². The maximum absolute atomic E-state index is 14.6. The van der Waals surface area contributed by atoms with E-state index in [2.05, 4.69) is 34.7 Å². The lowest BCUT2D eigenvalue weighted by Gasteiger charge is -2.31. The fourth-order valence-corrected chi connectivity index (χ4v) is 6.87. The van der Waals surface area contributed by atoms with Crippen molar-refractivity contribution in [2.24, 2.45) is 0 Å². The van der Waals surface area contributed by atoms with Crippen LogP contribution in [0, 0.1) is 0 Å². The molecule has 0 heterocycles. The number of hydrogen-bond acceptors (Lipinski definition) is 3. The maximum Gasteiger partial charge on any atom is 0.255 e. The molecule has 0 bridgehead atoms. The molecule has 6 heteroatoms. The van der Waals surface area contributed by atoms with Crippen molar-refractivity contribution < 1.29 is 9.36 Å². The summed E-state index contributed by atoms with van der Waals surface area (Å²) in [6.45, 7) is 7.27. The first-order valence-corrected chi connectivity index (χ1v) is 13.6. The van der Waals surface area contributed by atoms with Gasteiger partial charge in [0.05, 0.1) is 11.8 Å². The van der Waals surface area contributed by atoms with Crippen LogP contribution >= 0.6 is 23.1 Å². The third-order valence-electron chi connectivity index (χ3n) is 5.69. The van der Waals surface area contributed by atoms with E-state index in [4.69, 9.17) is 0 Å². The van der Waals surface area contributed by atoms with E-state index >= 15 is 0 Å². The van der Waals surface area contributed by atoms with Crippen molar-refractivity contribution in [2.75, 3.05) is 32.5 Å². The molecule has 4 nitrogen and oxygen atoms in total. The molecular formula is C26H30BrN2O2P. The number of amides is 1. The van der Waals surface area contributed by atoms with Crippen LogP contribution in [0.15, 0.2) is 89.4 Å². The third kappa shape index (κ3) is 5.78. The first-order chi connectivity index (χ1) is 15.5. The van der Waals surface area contributed by atoms with Crippen molar-refractivity contribution >= 4 is 39.6 Å². The van der Waals surface area contributed by atoms with Crippen LogP contribution < -0.4 is 10.6 Å². The second-order valence-corrected chi connectivity index (χ2v) is 11.3. The lowest BCUT2D eigenvalue weighted by atomic mass is 10.2. The second-order valence-electron chi connectivity index (χ2n) is 7.63. The van der Waals surface area contributed by atoms with Crippen LogP contribution in [0.4, 0.5) is 0 Å². The summed E-state index contributed by atoms with van der Waals surface area (Å²) in [7, 11) is -3.08. The molecule has 0 saturated heterocycles. The Balaban J connectivity index is 2.02. The Morgan fingerprint density at radius 3 is 1.78 bits per heavy atom. The van der Waals surface area contributed by atoms with E-state index < -0.39 is 7.14 Å². The van der Waals surface area contributed by atoms with Crippen LogP contribution in [-0.4, -0.2) is 48.2 Å². The number of carbonyl (C=O) groups is 1. The number of benzene rings is 3. The maximum atomic E-state index is 14.6. The van der Waals surface area contributed by atoms with Gasteiger partial charge < -0.3 is 14.4 Å². The monoisotopic (exact) mass is 512 g/mol. The molecule has 0 N–H and O–H groups in total. The minimum absolute atomic E-state index is 0.114. The number of rotatable bonds is 10. The van der Waals surface area contributed by atoms with Crippen LogP contribution in [0.3, 0.4) is 0 Å². The summed E-state index contributed by atoms with van der Waals surface area (Å²) in [6.07, 6.45) is 0.155. The fraction of sp³-hybridized carbons (Fsp3) is 0.269. The number of likely N-dealkylation sites (N-methyl/N-ethyl adjacent to an activating group) is 1. The molecule has 3 aromatic carbocycles. The molecule has 3 rings (SSSR count). The van der Waals surface area contributed by atoms with Crippen molar-refractivity contribution in [3.63, 3.8) is 0 Å². The summed E-state index contributed by atoms with van der Waals surface area (Å²) in [6, 6.07) is 26.5. The van der Waals surface area contributed by atoms with Gasteiger partial charge in [-0.05, 0) is 41.2 Å². The summed E-state index contributed by atoms with van der Waals surface area (Å²) < 4.78 is 15.4. The van der Waals surface area contributed by atoms with Crippen molar-refractivity contribution in [3.05, 3.63) is 95.0 Å². The van der Waals surface area contributed by atoms with E-state index in [0.29, 0.717) is 12.1 Å². The van der Waals surface area contributed by atoms with E-state index in [1.54, 1.807) is 4.90 Å². The Hall–Kier alpha value is -2.20. The summed E-state index contributed by atoms with van der Waals surface area (Å²) in [4.78, 5) is 17.7. The lowest BCUT2D eigenvalue weighted by Crippen LogP contribution is -2.41. The summed E-state index contributed by atoms with van der Waals surface area (Å²) >= 11 is 3.52. The van der Waals surface area contributed by atoms with Gasteiger partial charge in [0, 0.05) is 28.2 Å². The van der Waals surface area contributed by atoms with Gasteiger partial charge >= 0.3 is 0 Å². The highest BCUT2D eigenvalue weighted by Gasteiger charge is 2.32. The molecule has 1 amide bonds. The standard InChI is InChI=1S/C26H30BrN2O2P/c1-3-28(4-2)19-20-29(26(30)24-17-11-12-18-25(24)27)21-32(31,22-13-7-5-8-14-22)23-15-9-6-10-16-23/h5-18H,3-4,19-21H2,1-2H3. The van der Waals surface area contributed by atoms with E-state index in [1.807, 2.05) is 84.9 Å². The first-order valence-electron chi connectivity index (χ1n) is 11.0. The zero-order valence-corrected chi connectivity index (χ0v) is 21.1. The van der Waals surface area contributed by atoms with Gasteiger partial charge in [0.1, 0.15) is 0 Å². The highest BCUT2D eigenvalue weighted by atomic mass is 79.9. The van der Waals surface area contributed by atoms with Crippen molar-refractivity contribution in [3.8, 4) is 0 Å². The molecular weight excluding hydrogens is 483 g/mol. The predicted molar refractivity (Wildman–Crippen MR) is 138 cm³/mol. The van der Waals surface area contributed by atoms with Crippen molar-refractivity contribution in [1.29, 1.82) is 0 Å². The number of carbonyl (C=O) groups excluding carboxylic acids is 1. The van der Waals surface area contributed by atoms with Gasteiger partial charge in [-0.3, -0.25) is 4.79 Å². The van der Waals surface area contributed by atoms with Gasteiger partial charge in [0.2, 0.25) is 0 Å². The smallest absolute Gasteiger partial charge is 0.255 e. The third-order valence-corrected chi connectivity index (χ3v) is 9.38. The van der Waals surface area contributed by atoms with Gasteiger partial charge in [0.15, 0.2) is 7.14 Å². The van der Waals surface area contributed by atoms with Gasteiger partial charge in [-0.2, -0.15) is 0 Å². The molecule has 32 heavy (non-hydrogen) atoms. The molecule has 3 aromatic rings. The number of nitrogens with zero attached hydrogens (tertiary/aromatic N) is 2. The van der Waals surface area contributed by atoms with Crippen molar-refractivity contribution in [2.45, 2.75) is 13.8 Å². The van der Waals surface area contributed by atoms with E-state index in [9.17, 15) is 9.36 Å². The molecule has 0 aromatic heterocycles. The highest BCUT2D eigenvalue weighted by Crippen LogP contribution is 2.44. The quantitative estimate of drug-likeness (QED) is 0.350. The largest absolute Gasteiger partial charge is 0.329 e. The predicted octanol–water partition coefficient (Wildman–Crippen LogP) is 5.20. The normalized spacial score (nSPS) is 11.5. The average Bonchev–Trinajstić information content (AvgIpc) is 2.84. The van der Waals surface area contributed by atoms with Gasteiger partial charge in [-0.25, -0.2) is 0 Å². The Morgan fingerprint density at radius 2 is 1.28 bits per heavy atom. The fourth-order valence-electron chi connectivity index (χ4n) is 3.73. The summed E-state index contributed by atoms with van der Waals surface area (Å²) in [5.41, 5.74) is 0.583. The van der Waals surface area contributed by atoms with Crippen molar-refractivity contribution in [1.82, 2.24) is 9.80 Å². The minimum Gasteiger partial charge on any atom is -0.329 e. The Bertz CT molecular complexity index is 1010. The molecule has 0 atom stereocenters. The van der Waals surface area contributed by atoms with Gasteiger partial charge in [0.25, 0.3) is 5.91 Å². The second kappa shape index (κ2) is 11.6. The first kappa shape index (κ1) is 24.4. The lowest BCUT2D eigenvalue weighted by molar-refractivity contribution is 0.0766. The molecule has 0 aliphatic heterocycles. The molecule has 0 aliphatic carbocycles. The molecule has 0 aliphatic rings. The molecule has 0 spiro atoms. The molecule has 0 radical (unpaired) electrons. The minimum atomic E-state index is -3.08. The summed E-state index contributed by atoms with van der Waals surface area (Å²) in [5, 5.41) is 1.53.